The van der Waals surface area contributed by atoms with E-state index >= 15 is 0 Å². The Morgan fingerprint density at radius 1 is 1.26 bits per heavy atom. The van der Waals surface area contributed by atoms with Crippen LogP contribution in [0.4, 0.5) is 0 Å². The van der Waals surface area contributed by atoms with E-state index in [0.29, 0.717) is 13.0 Å². The Labute approximate surface area is 116 Å². The van der Waals surface area contributed by atoms with E-state index in [0.717, 1.165) is 30.6 Å². The molecule has 1 N–H and O–H groups in total. The number of nitrogens with zero attached hydrogens (tertiary/aromatic N) is 1. The minimum absolute atomic E-state index is 0.0912. The number of thiophene rings is 1. The summed E-state index contributed by atoms with van der Waals surface area (Å²) in [5.74, 6) is -0.969. The van der Waals surface area contributed by atoms with E-state index in [1.807, 2.05) is 6.07 Å². The summed E-state index contributed by atoms with van der Waals surface area (Å²) in [6.45, 7) is 0.568. The molecule has 1 aliphatic carbocycles. The molecule has 1 amide bonds. The van der Waals surface area contributed by atoms with E-state index in [9.17, 15) is 14.7 Å². The van der Waals surface area contributed by atoms with E-state index in [1.165, 1.54) is 16.9 Å². The fraction of sp³-hybridized carbons (Fsp3) is 0.571. The highest BCUT2D eigenvalue weighted by Crippen LogP contribution is 2.32. The Balaban J connectivity index is 1.83. The van der Waals surface area contributed by atoms with Gasteiger partial charge in [0.15, 0.2) is 0 Å². The first-order valence-corrected chi connectivity index (χ1v) is 7.64. The second-order valence-corrected chi connectivity index (χ2v) is 6.40. The molecular formula is C14H17NO3S. The minimum Gasteiger partial charge on any atom is -0.480 e. The van der Waals surface area contributed by atoms with Crippen LogP contribution in [0.5, 0.6) is 0 Å². The Bertz CT molecular complexity index is 501. The van der Waals surface area contributed by atoms with Crippen LogP contribution in [0.3, 0.4) is 0 Å². The molecule has 19 heavy (non-hydrogen) atoms. The zero-order valence-electron chi connectivity index (χ0n) is 10.7. The van der Waals surface area contributed by atoms with E-state index in [2.05, 4.69) is 0 Å². The maximum absolute atomic E-state index is 12.5. The molecule has 5 heteroatoms. The van der Waals surface area contributed by atoms with Crippen molar-refractivity contribution in [3.63, 3.8) is 0 Å². The van der Waals surface area contributed by atoms with E-state index in [-0.39, 0.29) is 5.91 Å². The number of rotatable bonds is 2. The third-order valence-corrected chi connectivity index (χ3v) is 5.23. The van der Waals surface area contributed by atoms with Gasteiger partial charge in [0.25, 0.3) is 5.91 Å². The molecular weight excluding hydrogens is 262 g/mol. The molecule has 2 heterocycles. The number of hydrogen-bond acceptors (Lipinski definition) is 3. The van der Waals surface area contributed by atoms with Crippen LogP contribution in [0.25, 0.3) is 0 Å². The molecule has 0 unspecified atom stereocenters. The summed E-state index contributed by atoms with van der Waals surface area (Å²) < 4.78 is 0. The van der Waals surface area contributed by atoms with Crippen LogP contribution >= 0.6 is 11.3 Å². The van der Waals surface area contributed by atoms with E-state index in [4.69, 9.17) is 0 Å². The van der Waals surface area contributed by atoms with E-state index < -0.39 is 12.0 Å². The summed E-state index contributed by atoms with van der Waals surface area (Å²) in [5, 5.41) is 9.23. The predicted octanol–water partition coefficient (Wildman–Crippen LogP) is 2.32. The number of carboxylic acid groups (broad SMARTS) is 1. The van der Waals surface area contributed by atoms with Crippen LogP contribution in [0.2, 0.25) is 0 Å². The van der Waals surface area contributed by atoms with Crippen molar-refractivity contribution >= 4 is 23.2 Å². The second kappa shape index (κ2) is 4.96. The number of likely N-dealkylation sites (tertiary alicyclic amines) is 1. The zero-order valence-corrected chi connectivity index (χ0v) is 11.5. The molecule has 1 saturated heterocycles. The maximum Gasteiger partial charge on any atom is 0.326 e. The molecule has 3 rings (SSSR count). The lowest BCUT2D eigenvalue weighted by molar-refractivity contribution is -0.143. The van der Waals surface area contributed by atoms with Crippen molar-refractivity contribution in [3.8, 4) is 0 Å². The molecule has 0 bridgehead atoms. The second-order valence-electron chi connectivity index (χ2n) is 5.26. The van der Waals surface area contributed by atoms with Gasteiger partial charge < -0.3 is 10.0 Å². The minimum atomic E-state index is -0.878. The standard InChI is InChI=1S/C14H17NO3S/c16-13(12-8-9-4-3-6-11(9)19-12)15-7-2-1-5-10(15)14(17)18/h8,10H,1-7H2,(H,17,18)/t10-/m0/s1. The topological polar surface area (TPSA) is 57.6 Å². The largest absolute Gasteiger partial charge is 0.480 e. The van der Waals surface area contributed by atoms with Gasteiger partial charge in [0.05, 0.1) is 4.88 Å². The van der Waals surface area contributed by atoms with Crippen LogP contribution in [0.1, 0.15) is 45.8 Å². The van der Waals surface area contributed by atoms with Crippen molar-refractivity contribution in [1.82, 2.24) is 4.90 Å². The van der Waals surface area contributed by atoms with Gasteiger partial charge in [-0.2, -0.15) is 0 Å². The Morgan fingerprint density at radius 2 is 2.11 bits per heavy atom. The zero-order chi connectivity index (χ0) is 13.4. The summed E-state index contributed by atoms with van der Waals surface area (Å²) >= 11 is 1.55. The third-order valence-electron chi connectivity index (χ3n) is 4.01. The third kappa shape index (κ3) is 2.27. The molecule has 0 spiro atoms. The van der Waals surface area contributed by atoms with Gasteiger partial charge in [0, 0.05) is 11.4 Å². The van der Waals surface area contributed by atoms with Crippen molar-refractivity contribution in [2.75, 3.05) is 6.54 Å². The SMILES string of the molecule is O=C(O)[C@@H]1CCCCN1C(=O)c1cc2c(s1)CCC2. The number of piperidine rings is 1. The maximum atomic E-state index is 12.5. The van der Waals surface area contributed by atoms with Crippen LogP contribution in [-0.2, 0) is 17.6 Å². The van der Waals surface area contributed by atoms with Crippen molar-refractivity contribution < 1.29 is 14.7 Å². The average Bonchev–Trinajstić information content (AvgIpc) is 2.98. The number of fused-ring (bicyclic) bond motifs is 1. The number of aliphatic carboxylic acids is 1. The lowest BCUT2D eigenvalue weighted by Crippen LogP contribution is -2.47. The molecule has 1 fully saturated rings. The van der Waals surface area contributed by atoms with E-state index in [1.54, 1.807) is 16.2 Å². The van der Waals surface area contributed by atoms with Crippen molar-refractivity contribution in [1.29, 1.82) is 0 Å². The van der Waals surface area contributed by atoms with Gasteiger partial charge in [0.1, 0.15) is 6.04 Å². The summed E-state index contributed by atoms with van der Waals surface area (Å²) in [4.78, 5) is 27.3. The number of carbonyl (C=O) groups is 2. The summed E-state index contributed by atoms with van der Waals surface area (Å²) in [6.07, 6.45) is 5.67. The van der Waals surface area contributed by atoms with Gasteiger partial charge in [-0.05, 0) is 50.2 Å². The monoisotopic (exact) mass is 279 g/mol. The Kier molecular flexibility index (Phi) is 3.31. The fourth-order valence-corrected chi connectivity index (χ4v) is 4.22. The molecule has 0 radical (unpaired) electrons. The first-order valence-electron chi connectivity index (χ1n) is 6.82. The Morgan fingerprint density at radius 3 is 2.84 bits per heavy atom. The predicted molar refractivity (Wildman–Crippen MR) is 72.7 cm³/mol. The Hall–Kier alpha value is -1.36. The van der Waals surface area contributed by atoms with Crippen LogP contribution in [0.15, 0.2) is 6.07 Å². The van der Waals surface area contributed by atoms with Crippen molar-refractivity contribution in [3.05, 3.63) is 21.4 Å². The first kappa shape index (κ1) is 12.7. The highest BCUT2D eigenvalue weighted by Gasteiger charge is 2.33. The van der Waals surface area contributed by atoms with Crippen LogP contribution in [0, 0.1) is 0 Å². The fourth-order valence-electron chi connectivity index (χ4n) is 3.01. The van der Waals surface area contributed by atoms with Gasteiger partial charge >= 0.3 is 5.97 Å². The van der Waals surface area contributed by atoms with Gasteiger partial charge in [0.2, 0.25) is 0 Å². The molecule has 102 valence electrons. The van der Waals surface area contributed by atoms with Gasteiger partial charge in [-0.15, -0.1) is 11.3 Å². The summed E-state index contributed by atoms with van der Waals surface area (Å²) in [5.41, 5.74) is 1.29. The molecule has 1 aromatic rings. The first-order chi connectivity index (χ1) is 9.16. The molecule has 4 nitrogen and oxygen atoms in total. The number of aryl methyl sites for hydroxylation is 2. The van der Waals surface area contributed by atoms with Gasteiger partial charge in [-0.3, -0.25) is 4.79 Å². The van der Waals surface area contributed by atoms with Crippen molar-refractivity contribution in [2.24, 2.45) is 0 Å². The number of amides is 1. The number of hydrogen-bond donors (Lipinski definition) is 1. The summed E-state index contributed by atoms with van der Waals surface area (Å²) in [7, 11) is 0. The molecule has 1 aliphatic heterocycles. The number of carbonyl (C=O) groups excluding carboxylic acids is 1. The lowest BCUT2D eigenvalue weighted by atomic mass is 10.0. The molecule has 0 aromatic carbocycles. The molecule has 0 saturated carbocycles. The van der Waals surface area contributed by atoms with Gasteiger partial charge in [-0.1, -0.05) is 0 Å². The molecule has 2 aliphatic rings. The van der Waals surface area contributed by atoms with Crippen LogP contribution in [-0.4, -0.2) is 34.5 Å². The lowest BCUT2D eigenvalue weighted by Gasteiger charge is -2.32. The van der Waals surface area contributed by atoms with Crippen molar-refractivity contribution in [2.45, 2.75) is 44.6 Å². The quantitative estimate of drug-likeness (QED) is 0.904. The highest BCUT2D eigenvalue weighted by molar-refractivity contribution is 7.14. The number of carboxylic acids is 1. The molecule has 1 aromatic heterocycles. The molecule has 1 atom stereocenters. The smallest absolute Gasteiger partial charge is 0.326 e. The highest BCUT2D eigenvalue weighted by atomic mass is 32.1. The average molecular weight is 279 g/mol. The summed E-state index contributed by atoms with van der Waals surface area (Å²) in [6, 6.07) is 1.33. The van der Waals surface area contributed by atoms with Gasteiger partial charge in [-0.25, -0.2) is 4.79 Å². The van der Waals surface area contributed by atoms with Crippen LogP contribution < -0.4 is 0 Å². The normalized spacial score (nSPS) is 22.3.